The Bertz CT molecular complexity index is 548. The number of amides is 3. The number of nitrogens with zero attached hydrogens (tertiary/aromatic N) is 3. The molecular weight excluding hydrogens is 314 g/mol. The molecule has 23 heavy (non-hydrogen) atoms. The predicted octanol–water partition coefficient (Wildman–Crippen LogP) is 2.04. The highest BCUT2D eigenvalue weighted by molar-refractivity contribution is 7.99. The summed E-state index contributed by atoms with van der Waals surface area (Å²) in [4.78, 5) is 23.9. The highest BCUT2D eigenvalue weighted by atomic mass is 32.2. The summed E-state index contributed by atoms with van der Waals surface area (Å²) in [6.45, 7) is 7.09. The molecule has 2 N–H and O–H groups in total. The highest BCUT2D eigenvalue weighted by Crippen LogP contribution is 2.29. The summed E-state index contributed by atoms with van der Waals surface area (Å²) < 4.78 is 1.85. The van der Waals surface area contributed by atoms with Crippen molar-refractivity contribution in [1.82, 2.24) is 25.4 Å². The minimum Gasteiger partial charge on any atom is -0.335 e. The van der Waals surface area contributed by atoms with Gasteiger partial charge in [0.2, 0.25) is 5.91 Å². The van der Waals surface area contributed by atoms with E-state index in [0.717, 1.165) is 19.4 Å². The first-order chi connectivity index (χ1) is 11.0. The third kappa shape index (κ3) is 4.95. The molecule has 0 radical (unpaired) electrons. The van der Waals surface area contributed by atoms with E-state index in [1.807, 2.05) is 11.5 Å². The van der Waals surface area contributed by atoms with Gasteiger partial charge in [-0.2, -0.15) is 0 Å². The molecule has 7 nitrogen and oxygen atoms in total. The fourth-order valence-corrected chi connectivity index (χ4v) is 3.64. The Morgan fingerprint density at radius 2 is 2.17 bits per heavy atom. The van der Waals surface area contributed by atoms with Crippen LogP contribution in [0.2, 0.25) is 0 Å². The summed E-state index contributed by atoms with van der Waals surface area (Å²) in [5, 5.41) is 13.8. The molecule has 3 amide bonds. The number of carbonyl (C=O) groups excluding carboxylic acids is 2. The zero-order chi connectivity index (χ0) is 16.8. The molecule has 2 rings (SSSR count). The number of urea groups is 1. The minimum absolute atomic E-state index is 0.141. The lowest BCUT2D eigenvalue weighted by atomic mass is 9.78. The standard InChI is InChI=1S/C15H25N5O2S/c1-4-20-9-16-19-15(20)23-8-13(21)18-14(22)17-12-7-5-6-10(2)11(12)3/h9-12H,4-8H2,1-3H3,(H2,17,18,21,22)/t10-,11-,12+/m0/s1. The number of carbonyl (C=O) groups is 2. The van der Waals surface area contributed by atoms with Gasteiger partial charge in [-0.25, -0.2) is 4.79 Å². The van der Waals surface area contributed by atoms with Crippen LogP contribution in [0, 0.1) is 11.8 Å². The number of aryl methyl sites for hydroxylation is 1. The molecule has 0 aromatic carbocycles. The number of hydrogen-bond acceptors (Lipinski definition) is 5. The largest absolute Gasteiger partial charge is 0.335 e. The average Bonchev–Trinajstić information content (AvgIpc) is 2.97. The van der Waals surface area contributed by atoms with E-state index >= 15 is 0 Å². The molecule has 1 aromatic heterocycles. The Kier molecular flexibility index (Phi) is 6.44. The molecule has 128 valence electrons. The first kappa shape index (κ1) is 17.8. The van der Waals surface area contributed by atoms with E-state index in [4.69, 9.17) is 0 Å². The van der Waals surface area contributed by atoms with Gasteiger partial charge >= 0.3 is 6.03 Å². The van der Waals surface area contributed by atoms with E-state index in [0.29, 0.717) is 17.0 Å². The van der Waals surface area contributed by atoms with Gasteiger partial charge in [0.25, 0.3) is 0 Å². The van der Waals surface area contributed by atoms with Crippen LogP contribution in [0.15, 0.2) is 11.5 Å². The van der Waals surface area contributed by atoms with Gasteiger partial charge in [-0.15, -0.1) is 10.2 Å². The summed E-state index contributed by atoms with van der Waals surface area (Å²) in [5.74, 6) is 0.848. The molecule has 1 fully saturated rings. The molecule has 1 heterocycles. The molecule has 1 aromatic rings. The van der Waals surface area contributed by atoms with Crippen LogP contribution in [0.3, 0.4) is 0 Å². The average molecular weight is 339 g/mol. The van der Waals surface area contributed by atoms with Crippen molar-refractivity contribution in [2.75, 3.05) is 5.75 Å². The molecule has 1 saturated carbocycles. The topological polar surface area (TPSA) is 88.9 Å². The van der Waals surface area contributed by atoms with Crippen molar-refractivity contribution < 1.29 is 9.59 Å². The van der Waals surface area contributed by atoms with Crippen molar-refractivity contribution in [1.29, 1.82) is 0 Å². The summed E-state index contributed by atoms with van der Waals surface area (Å²) in [5.41, 5.74) is 0. The third-order valence-electron chi connectivity index (χ3n) is 4.53. The van der Waals surface area contributed by atoms with Gasteiger partial charge in [0.15, 0.2) is 5.16 Å². The van der Waals surface area contributed by atoms with E-state index in [9.17, 15) is 9.59 Å². The SMILES string of the molecule is CCn1cnnc1SCC(=O)NC(=O)N[C@@H]1CCC[C@H](C)[C@@H]1C. The Labute approximate surface area is 141 Å². The number of imide groups is 1. The normalized spacial score (nSPS) is 24.2. The summed E-state index contributed by atoms with van der Waals surface area (Å²) in [6.07, 6.45) is 4.92. The smallest absolute Gasteiger partial charge is 0.321 e. The molecule has 0 unspecified atom stereocenters. The number of nitrogens with one attached hydrogen (secondary N) is 2. The lowest BCUT2D eigenvalue weighted by Crippen LogP contribution is -2.49. The van der Waals surface area contributed by atoms with Gasteiger partial charge in [-0.05, 0) is 25.2 Å². The predicted molar refractivity (Wildman–Crippen MR) is 89.1 cm³/mol. The van der Waals surface area contributed by atoms with Crippen molar-refractivity contribution in [3.05, 3.63) is 6.33 Å². The number of rotatable bonds is 5. The summed E-state index contributed by atoms with van der Waals surface area (Å²) >= 11 is 1.27. The van der Waals surface area contributed by atoms with Gasteiger partial charge in [0.05, 0.1) is 5.75 Å². The van der Waals surface area contributed by atoms with Crippen molar-refractivity contribution >= 4 is 23.7 Å². The molecule has 0 saturated heterocycles. The molecule has 8 heteroatoms. The molecule has 0 bridgehead atoms. The molecule has 0 spiro atoms. The molecule has 1 aliphatic carbocycles. The van der Waals surface area contributed by atoms with Crippen LogP contribution in [0.5, 0.6) is 0 Å². The zero-order valence-corrected chi connectivity index (χ0v) is 14.7. The minimum atomic E-state index is -0.404. The molecule has 1 aliphatic rings. The number of aromatic nitrogens is 3. The van der Waals surface area contributed by atoms with E-state index in [-0.39, 0.29) is 17.7 Å². The van der Waals surface area contributed by atoms with Crippen LogP contribution in [0.4, 0.5) is 4.79 Å². The first-order valence-corrected chi connectivity index (χ1v) is 9.10. The van der Waals surface area contributed by atoms with Crippen LogP contribution >= 0.6 is 11.8 Å². The maximum atomic E-state index is 12.0. The van der Waals surface area contributed by atoms with Gasteiger partial charge in [0, 0.05) is 12.6 Å². The Morgan fingerprint density at radius 3 is 2.91 bits per heavy atom. The van der Waals surface area contributed by atoms with Gasteiger partial charge in [-0.1, -0.05) is 38.5 Å². The monoisotopic (exact) mass is 339 g/mol. The summed E-state index contributed by atoms with van der Waals surface area (Å²) in [7, 11) is 0. The van der Waals surface area contributed by atoms with E-state index < -0.39 is 6.03 Å². The second-order valence-corrected chi connectivity index (χ2v) is 7.03. The quantitative estimate of drug-likeness (QED) is 0.801. The maximum absolute atomic E-state index is 12.0. The van der Waals surface area contributed by atoms with Gasteiger partial charge in [-0.3, -0.25) is 10.1 Å². The molecule has 3 atom stereocenters. The lowest BCUT2D eigenvalue weighted by Gasteiger charge is -2.34. The second kappa shape index (κ2) is 8.33. The van der Waals surface area contributed by atoms with Crippen LogP contribution < -0.4 is 10.6 Å². The van der Waals surface area contributed by atoms with Gasteiger partial charge < -0.3 is 9.88 Å². The molecule has 0 aliphatic heterocycles. The first-order valence-electron chi connectivity index (χ1n) is 8.12. The fraction of sp³-hybridized carbons (Fsp3) is 0.733. The van der Waals surface area contributed by atoms with Crippen LogP contribution in [0.1, 0.15) is 40.0 Å². The van der Waals surface area contributed by atoms with Crippen LogP contribution in [0.25, 0.3) is 0 Å². The zero-order valence-electron chi connectivity index (χ0n) is 13.9. The second-order valence-electron chi connectivity index (χ2n) is 6.08. The highest BCUT2D eigenvalue weighted by Gasteiger charge is 2.28. The van der Waals surface area contributed by atoms with Crippen molar-refractivity contribution in [2.45, 2.75) is 57.8 Å². The fourth-order valence-electron chi connectivity index (χ4n) is 2.86. The number of thioether (sulfide) groups is 1. The van der Waals surface area contributed by atoms with Crippen LogP contribution in [-0.4, -0.2) is 38.5 Å². The van der Waals surface area contributed by atoms with Gasteiger partial charge in [0.1, 0.15) is 6.33 Å². The number of hydrogen-bond donors (Lipinski definition) is 2. The Morgan fingerprint density at radius 1 is 1.39 bits per heavy atom. The summed E-state index contributed by atoms with van der Waals surface area (Å²) in [6, 6.07) is -0.263. The molecular formula is C15H25N5O2S. The van der Waals surface area contributed by atoms with E-state index in [1.165, 1.54) is 18.2 Å². The maximum Gasteiger partial charge on any atom is 0.321 e. The van der Waals surface area contributed by atoms with E-state index in [1.54, 1.807) is 6.33 Å². The van der Waals surface area contributed by atoms with Crippen molar-refractivity contribution in [3.63, 3.8) is 0 Å². The Balaban J connectivity index is 1.75. The lowest BCUT2D eigenvalue weighted by molar-refractivity contribution is -0.117. The van der Waals surface area contributed by atoms with Crippen molar-refractivity contribution in [2.24, 2.45) is 11.8 Å². The van der Waals surface area contributed by atoms with Crippen molar-refractivity contribution in [3.8, 4) is 0 Å². The van der Waals surface area contributed by atoms with E-state index in [2.05, 4.69) is 34.7 Å². The Hall–Kier alpha value is -1.57. The van der Waals surface area contributed by atoms with Crippen LogP contribution in [-0.2, 0) is 11.3 Å². The third-order valence-corrected chi connectivity index (χ3v) is 5.51.